The lowest BCUT2D eigenvalue weighted by molar-refractivity contribution is -0.147. The largest absolute Gasteiger partial charge is 0.369 e. The second-order valence-electron chi connectivity index (χ2n) is 11.1. The van der Waals surface area contributed by atoms with Crippen molar-refractivity contribution in [3.8, 4) is 0 Å². The second kappa shape index (κ2) is 13.2. The van der Waals surface area contributed by atoms with E-state index in [0.29, 0.717) is 54.8 Å². The Hall–Kier alpha value is -3.59. The van der Waals surface area contributed by atoms with E-state index in [1.807, 2.05) is 34.9 Å². The molecule has 3 aromatic carbocycles. The molecule has 0 radical (unpaired) electrons. The van der Waals surface area contributed by atoms with E-state index in [0.717, 1.165) is 34.0 Å². The number of aryl methyl sites for hydroxylation is 1. The van der Waals surface area contributed by atoms with Crippen molar-refractivity contribution in [2.75, 3.05) is 18.8 Å². The highest BCUT2D eigenvalue weighted by Crippen LogP contribution is 2.25. The molecule has 10 heteroatoms. The summed E-state index contributed by atoms with van der Waals surface area (Å²) in [6, 6.07) is 18.4. The van der Waals surface area contributed by atoms with Gasteiger partial charge in [0.1, 0.15) is 0 Å². The standard InChI is InChI=1S/C32H36Cl2N6O2/c1-20-18-40(31(42)29(35)15-24-11-12-25(33)16-28(24)34)27(8-4-7-26-17-37-32(36)38-26)19-39(20)30(41)14-21-9-10-22-5-2-3-6-23(22)13-21/h2-3,5-6,9-13,16-17,20,27,29H,4,7-8,14-15,18-19,35H2,1H3,(H3,36,37,38)/t20-,27+,29?/m1/s1. The number of anilines is 1. The van der Waals surface area contributed by atoms with Crippen LogP contribution in [0.2, 0.25) is 10.0 Å². The number of piperazine rings is 1. The molecule has 0 bridgehead atoms. The maximum absolute atomic E-state index is 13.8. The van der Waals surface area contributed by atoms with Gasteiger partial charge in [0.25, 0.3) is 0 Å². The van der Waals surface area contributed by atoms with Crippen LogP contribution in [0.5, 0.6) is 0 Å². The first-order valence-corrected chi connectivity index (χ1v) is 15.0. The average Bonchev–Trinajstić information content (AvgIpc) is 3.39. The Kier molecular flexibility index (Phi) is 9.36. The normalized spacial score (nSPS) is 17.9. The number of aromatic nitrogens is 2. The first-order valence-electron chi connectivity index (χ1n) is 14.2. The summed E-state index contributed by atoms with van der Waals surface area (Å²) in [4.78, 5) is 38.4. The molecular weight excluding hydrogens is 571 g/mol. The number of nitrogens with one attached hydrogen (secondary N) is 1. The van der Waals surface area contributed by atoms with E-state index in [9.17, 15) is 9.59 Å². The summed E-state index contributed by atoms with van der Waals surface area (Å²) < 4.78 is 0. The third kappa shape index (κ3) is 7.06. The minimum absolute atomic E-state index is 0.0483. The number of nitrogen functional groups attached to an aromatic ring is 1. The summed E-state index contributed by atoms with van der Waals surface area (Å²) >= 11 is 12.4. The molecule has 1 unspecified atom stereocenters. The highest BCUT2D eigenvalue weighted by atomic mass is 35.5. The zero-order chi connectivity index (χ0) is 29.8. The van der Waals surface area contributed by atoms with E-state index in [1.54, 1.807) is 24.4 Å². The van der Waals surface area contributed by atoms with Gasteiger partial charge in [-0.25, -0.2) is 4.98 Å². The van der Waals surface area contributed by atoms with Crippen LogP contribution in [0.25, 0.3) is 10.8 Å². The van der Waals surface area contributed by atoms with Gasteiger partial charge in [0.15, 0.2) is 5.95 Å². The topological polar surface area (TPSA) is 121 Å². The molecule has 0 aliphatic carbocycles. The summed E-state index contributed by atoms with van der Waals surface area (Å²) in [7, 11) is 0. The molecule has 220 valence electrons. The maximum Gasteiger partial charge on any atom is 0.240 e. The smallest absolute Gasteiger partial charge is 0.240 e. The lowest BCUT2D eigenvalue weighted by Gasteiger charge is -2.46. The number of nitrogens with two attached hydrogens (primary N) is 2. The molecule has 1 aliphatic heterocycles. The van der Waals surface area contributed by atoms with Crippen molar-refractivity contribution >= 4 is 51.7 Å². The SMILES string of the molecule is C[C@@H]1CN(C(=O)C(N)Cc2ccc(Cl)cc2Cl)[C@@H](CCCc2c[nH]c(N)n2)CN1C(=O)Cc1ccc2ccccc2c1. The average molecular weight is 608 g/mol. The molecule has 1 aliphatic rings. The first-order chi connectivity index (χ1) is 20.2. The van der Waals surface area contributed by atoms with Crippen molar-refractivity contribution < 1.29 is 9.59 Å². The maximum atomic E-state index is 13.8. The Labute approximate surface area is 256 Å². The molecule has 5 N–H and O–H groups in total. The number of hydrogen-bond donors (Lipinski definition) is 3. The number of halogens is 2. The highest BCUT2D eigenvalue weighted by molar-refractivity contribution is 6.35. The predicted octanol–water partition coefficient (Wildman–Crippen LogP) is 5.02. The second-order valence-corrected chi connectivity index (χ2v) is 12.0. The number of rotatable bonds is 9. The van der Waals surface area contributed by atoms with E-state index in [-0.39, 0.29) is 23.9 Å². The van der Waals surface area contributed by atoms with Gasteiger partial charge >= 0.3 is 0 Å². The molecular formula is C32H36Cl2N6O2. The molecule has 4 aromatic rings. The van der Waals surface area contributed by atoms with Crippen LogP contribution in [0.3, 0.4) is 0 Å². The van der Waals surface area contributed by atoms with E-state index < -0.39 is 6.04 Å². The lowest BCUT2D eigenvalue weighted by Crippen LogP contribution is -2.63. The van der Waals surface area contributed by atoms with Gasteiger partial charge < -0.3 is 26.3 Å². The number of hydrogen-bond acceptors (Lipinski definition) is 5. The van der Waals surface area contributed by atoms with E-state index in [4.69, 9.17) is 34.7 Å². The van der Waals surface area contributed by atoms with Gasteiger partial charge in [0.2, 0.25) is 11.8 Å². The van der Waals surface area contributed by atoms with Gasteiger partial charge in [-0.3, -0.25) is 9.59 Å². The van der Waals surface area contributed by atoms with Gasteiger partial charge in [-0.2, -0.15) is 0 Å². The first kappa shape index (κ1) is 29.9. The summed E-state index contributed by atoms with van der Waals surface area (Å²) in [6.07, 6.45) is 4.57. The molecule has 0 spiro atoms. The van der Waals surface area contributed by atoms with Crippen LogP contribution in [0.4, 0.5) is 5.95 Å². The molecule has 0 saturated carbocycles. The number of H-pyrrole nitrogens is 1. The van der Waals surface area contributed by atoms with Gasteiger partial charge in [-0.05, 0) is 66.6 Å². The number of imidazole rings is 1. The van der Waals surface area contributed by atoms with E-state index >= 15 is 0 Å². The number of carbonyl (C=O) groups is 2. The van der Waals surface area contributed by atoms with Gasteiger partial charge in [-0.1, -0.05) is 71.7 Å². The molecule has 8 nitrogen and oxygen atoms in total. The quantitative estimate of drug-likeness (QED) is 0.247. The van der Waals surface area contributed by atoms with Crippen LogP contribution >= 0.6 is 23.2 Å². The fourth-order valence-electron chi connectivity index (χ4n) is 5.78. The zero-order valence-electron chi connectivity index (χ0n) is 23.6. The van der Waals surface area contributed by atoms with Crippen molar-refractivity contribution in [2.45, 2.75) is 57.2 Å². The third-order valence-electron chi connectivity index (χ3n) is 8.01. The molecule has 1 fully saturated rings. The number of aromatic amines is 1. The fourth-order valence-corrected chi connectivity index (χ4v) is 6.26. The number of carbonyl (C=O) groups excluding carboxylic acids is 2. The number of nitrogens with zero attached hydrogens (tertiary/aromatic N) is 3. The van der Waals surface area contributed by atoms with E-state index in [2.05, 4.69) is 34.2 Å². The van der Waals surface area contributed by atoms with Crippen molar-refractivity contribution in [3.63, 3.8) is 0 Å². The number of amides is 2. The van der Waals surface area contributed by atoms with Crippen LogP contribution in [-0.2, 0) is 28.9 Å². The van der Waals surface area contributed by atoms with Crippen LogP contribution in [0.15, 0.2) is 66.9 Å². The summed E-state index contributed by atoms with van der Waals surface area (Å²) in [5.74, 6) is 0.279. The van der Waals surface area contributed by atoms with Crippen LogP contribution in [0, 0.1) is 0 Å². The molecule has 5 rings (SSSR count). The zero-order valence-corrected chi connectivity index (χ0v) is 25.1. The highest BCUT2D eigenvalue weighted by Gasteiger charge is 2.38. The van der Waals surface area contributed by atoms with Gasteiger partial charge in [0.05, 0.1) is 18.2 Å². The molecule has 3 atom stereocenters. The minimum atomic E-state index is -0.774. The molecule has 1 saturated heterocycles. The minimum Gasteiger partial charge on any atom is -0.369 e. The monoisotopic (exact) mass is 606 g/mol. The van der Waals surface area contributed by atoms with Crippen molar-refractivity contribution in [2.24, 2.45) is 5.73 Å². The van der Waals surface area contributed by atoms with Crippen LogP contribution in [-0.4, -0.2) is 62.8 Å². The Morgan fingerprint density at radius 2 is 1.83 bits per heavy atom. The predicted molar refractivity (Wildman–Crippen MR) is 168 cm³/mol. The Morgan fingerprint density at radius 1 is 1.05 bits per heavy atom. The summed E-state index contributed by atoms with van der Waals surface area (Å²) in [5.41, 5.74) is 14.8. The van der Waals surface area contributed by atoms with Crippen molar-refractivity contribution in [3.05, 3.63) is 93.7 Å². The number of benzene rings is 3. The Bertz CT molecular complexity index is 1570. The summed E-state index contributed by atoms with van der Waals surface area (Å²) in [5, 5.41) is 3.26. The summed E-state index contributed by atoms with van der Waals surface area (Å²) in [6.45, 7) is 2.84. The Balaban J connectivity index is 1.30. The third-order valence-corrected chi connectivity index (χ3v) is 8.59. The molecule has 1 aromatic heterocycles. The number of fused-ring (bicyclic) bond motifs is 1. The molecule has 2 amide bonds. The molecule has 2 heterocycles. The van der Waals surface area contributed by atoms with Crippen LogP contribution < -0.4 is 11.5 Å². The Morgan fingerprint density at radius 3 is 2.57 bits per heavy atom. The van der Waals surface area contributed by atoms with Crippen molar-refractivity contribution in [1.29, 1.82) is 0 Å². The van der Waals surface area contributed by atoms with Gasteiger partial charge in [-0.15, -0.1) is 0 Å². The van der Waals surface area contributed by atoms with Gasteiger partial charge in [0, 0.05) is 41.4 Å². The van der Waals surface area contributed by atoms with Crippen LogP contribution in [0.1, 0.15) is 36.6 Å². The van der Waals surface area contributed by atoms with Crippen molar-refractivity contribution in [1.82, 2.24) is 19.8 Å². The fraction of sp³-hybridized carbons (Fsp3) is 0.344. The van der Waals surface area contributed by atoms with E-state index in [1.165, 1.54) is 0 Å². The molecule has 42 heavy (non-hydrogen) atoms. The lowest BCUT2D eigenvalue weighted by atomic mass is 9.97.